The lowest BCUT2D eigenvalue weighted by atomic mass is 10.1. The molecule has 1 N–H and O–H groups in total. The maximum Gasteiger partial charge on any atom is 0.407 e. The first-order valence-corrected chi connectivity index (χ1v) is 12.0. The first-order chi connectivity index (χ1) is 16.3. The van der Waals surface area contributed by atoms with E-state index >= 15 is 0 Å². The molecule has 1 fully saturated rings. The molecular formula is C25H32N6O2S. The third-order valence-corrected chi connectivity index (χ3v) is 6.10. The molecule has 1 aliphatic rings. The van der Waals surface area contributed by atoms with Crippen LogP contribution in [0.1, 0.15) is 39.2 Å². The zero-order valence-corrected chi connectivity index (χ0v) is 20.8. The van der Waals surface area contributed by atoms with Crippen molar-refractivity contribution in [3.63, 3.8) is 0 Å². The van der Waals surface area contributed by atoms with Crippen LogP contribution in [-0.4, -0.2) is 55.1 Å². The van der Waals surface area contributed by atoms with Crippen molar-refractivity contribution in [2.45, 2.75) is 58.5 Å². The van der Waals surface area contributed by atoms with Gasteiger partial charge in [-0.25, -0.2) is 9.48 Å². The molecule has 8 nitrogen and oxygen atoms in total. The van der Waals surface area contributed by atoms with Crippen molar-refractivity contribution in [3.8, 4) is 11.4 Å². The van der Waals surface area contributed by atoms with Crippen LogP contribution in [0, 0.1) is 4.77 Å². The van der Waals surface area contributed by atoms with E-state index in [9.17, 15) is 4.79 Å². The number of amides is 1. The second kappa shape index (κ2) is 10.5. The average molecular weight is 481 g/mol. The van der Waals surface area contributed by atoms with Gasteiger partial charge in [0.05, 0.1) is 13.2 Å². The van der Waals surface area contributed by atoms with E-state index in [1.165, 1.54) is 0 Å². The summed E-state index contributed by atoms with van der Waals surface area (Å²) in [6, 6.07) is 14.3. The van der Waals surface area contributed by atoms with Crippen LogP contribution in [0.15, 0.2) is 54.9 Å². The molecule has 180 valence electrons. The van der Waals surface area contributed by atoms with Gasteiger partial charge in [-0.2, -0.15) is 5.10 Å². The fourth-order valence-electron chi connectivity index (χ4n) is 4.03. The predicted octanol–water partition coefficient (Wildman–Crippen LogP) is 4.47. The molecule has 0 aliphatic carbocycles. The van der Waals surface area contributed by atoms with Crippen molar-refractivity contribution in [1.29, 1.82) is 0 Å². The van der Waals surface area contributed by atoms with Gasteiger partial charge < -0.3 is 10.1 Å². The minimum atomic E-state index is -0.494. The largest absolute Gasteiger partial charge is 0.444 e. The molecule has 9 heteroatoms. The third-order valence-electron chi connectivity index (χ3n) is 5.67. The highest BCUT2D eigenvalue weighted by Gasteiger charge is 2.24. The molecule has 1 aliphatic heterocycles. The molecule has 0 bridgehead atoms. The van der Waals surface area contributed by atoms with Gasteiger partial charge in [-0.1, -0.05) is 30.3 Å². The molecule has 1 aromatic carbocycles. The van der Waals surface area contributed by atoms with Crippen LogP contribution in [0.4, 0.5) is 4.79 Å². The number of ether oxygens (including phenoxy) is 1. The highest BCUT2D eigenvalue weighted by molar-refractivity contribution is 7.71. The standard InChI is InChI=1S/C25H32N6O2S/c1-25(2,3)33-23(32)27-21-11-14-29(15-12-21)18-31-24(34)30(17-19-8-5-4-6-9-19)22(28-31)20-10-7-13-26-16-20/h4-10,13,16,21H,11-12,14-15,17-18H2,1-3H3,(H,27,32). The number of benzene rings is 1. The molecule has 1 saturated heterocycles. The summed E-state index contributed by atoms with van der Waals surface area (Å²) in [5.74, 6) is 0.809. The van der Waals surface area contributed by atoms with Gasteiger partial charge in [0.25, 0.3) is 0 Å². The van der Waals surface area contributed by atoms with E-state index in [4.69, 9.17) is 22.1 Å². The summed E-state index contributed by atoms with van der Waals surface area (Å²) in [7, 11) is 0. The number of hydrogen-bond acceptors (Lipinski definition) is 6. The van der Waals surface area contributed by atoms with Gasteiger partial charge >= 0.3 is 6.09 Å². The van der Waals surface area contributed by atoms with Gasteiger partial charge in [0.15, 0.2) is 10.6 Å². The van der Waals surface area contributed by atoms with Crippen LogP contribution in [-0.2, 0) is 18.0 Å². The average Bonchev–Trinajstić information content (AvgIpc) is 3.10. The van der Waals surface area contributed by atoms with Crippen LogP contribution in [0.3, 0.4) is 0 Å². The Bertz CT molecular complexity index is 1150. The number of aromatic nitrogens is 4. The summed E-state index contributed by atoms with van der Waals surface area (Å²) in [5, 5.41) is 7.87. The summed E-state index contributed by atoms with van der Waals surface area (Å²) in [4.78, 5) is 18.7. The predicted molar refractivity (Wildman–Crippen MR) is 134 cm³/mol. The molecule has 0 radical (unpaired) electrons. The minimum Gasteiger partial charge on any atom is -0.444 e. The van der Waals surface area contributed by atoms with Crippen LogP contribution < -0.4 is 5.32 Å². The zero-order valence-electron chi connectivity index (χ0n) is 20.0. The minimum absolute atomic E-state index is 0.112. The smallest absolute Gasteiger partial charge is 0.407 e. The molecule has 3 aromatic rings. The van der Waals surface area contributed by atoms with E-state index in [2.05, 4.69) is 31.9 Å². The van der Waals surface area contributed by atoms with E-state index in [0.29, 0.717) is 18.0 Å². The Kier molecular flexibility index (Phi) is 7.43. The fraction of sp³-hybridized carbons (Fsp3) is 0.440. The van der Waals surface area contributed by atoms with Crippen molar-refractivity contribution in [3.05, 3.63) is 65.2 Å². The maximum atomic E-state index is 12.1. The van der Waals surface area contributed by atoms with Gasteiger partial charge in [-0.05, 0) is 63.5 Å². The van der Waals surface area contributed by atoms with Crippen molar-refractivity contribution in [1.82, 2.24) is 29.5 Å². The highest BCUT2D eigenvalue weighted by atomic mass is 32.1. The number of carbonyl (C=O) groups excluding carboxylic acids is 1. The Balaban J connectivity index is 1.46. The summed E-state index contributed by atoms with van der Waals surface area (Å²) < 4.78 is 10.0. The number of nitrogens with zero attached hydrogens (tertiary/aromatic N) is 5. The molecule has 3 heterocycles. The number of likely N-dealkylation sites (tertiary alicyclic amines) is 1. The van der Waals surface area contributed by atoms with Gasteiger partial charge in [-0.15, -0.1) is 0 Å². The summed E-state index contributed by atoms with van der Waals surface area (Å²) in [6.45, 7) is 8.55. The Morgan fingerprint density at radius 3 is 2.53 bits per heavy atom. The quantitative estimate of drug-likeness (QED) is 0.525. The van der Waals surface area contributed by atoms with Crippen LogP contribution in [0.25, 0.3) is 11.4 Å². The SMILES string of the molecule is CC(C)(C)OC(=O)NC1CCN(Cn2nc(-c3cccnc3)n(Cc3ccccc3)c2=S)CC1. The highest BCUT2D eigenvalue weighted by Crippen LogP contribution is 2.20. The zero-order chi connectivity index (χ0) is 24.1. The first kappa shape index (κ1) is 24.1. The van der Waals surface area contributed by atoms with Crippen LogP contribution in [0.5, 0.6) is 0 Å². The molecule has 0 spiro atoms. The van der Waals surface area contributed by atoms with Gasteiger partial charge in [-0.3, -0.25) is 14.5 Å². The summed E-state index contributed by atoms with van der Waals surface area (Å²) >= 11 is 5.85. The Morgan fingerprint density at radius 2 is 1.88 bits per heavy atom. The second-order valence-corrected chi connectivity index (χ2v) is 9.96. The van der Waals surface area contributed by atoms with E-state index in [1.54, 1.807) is 6.20 Å². The number of nitrogens with one attached hydrogen (secondary N) is 1. The lowest BCUT2D eigenvalue weighted by Gasteiger charge is -2.32. The number of alkyl carbamates (subject to hydrolysis) is 1. The Hall–Kier alpha value is -3.04. The lowest BCUT2D eigenvalue weighted by Crippen LogP contribution is -2.46. The van der Waals surface area contributed by atoms with Crippen molar-refractivity contribution < 1.29 is 9.53 Å². The summed E-state index contributed by atoms with van der Waals surface area (Å²) in [6.07, 6.45) is 4.93. The van der Waals surface area contributed by atoms with Crippen LogP contribution >= 0.6 is 12.2 Å². The molecule has 0 unspecified atom stereocenters. The Morgan fingerprint density at radius 1 is 1.15 bits per heavy atom. The molecule has 34 heavy (non-hydrogen) atoms. The summed E-state index contributed by atoms with van der Waals surface area (Å²) in [5.41, 5.74) is 1.60. The molecule has 4 rings (SSSR count). The van der Waals surface area contributed by atoms with E-state index in [1.807, 2.05) is 62.0 Å². The van der Waals surface area contributed by atoms with Crippen LogP contribution in [0.2, 0.25) is 0 Å². The van der Waals surface area contributed by atoms with Gasteiger partial charge in [0, 0.05) is 37.1 Å². The first-order valence-electron chi connectivity index (χ1n) is 11.6. The van der Waals surface area contributed by atoms with Crippen molar-refractivity contribution in [2.24, 2.45) is 0 Å². The fourth-order valence-corrected chi connectivity index (χ4v) is 4.28. The number of piperidine rings is 1. The second-order valence-electron chi connectivity index (χ2n) is 9.60. The van der Waals surface area contributed by atoms with E-state index in [-0.39, 0.29) is 12.1 Å². The molecular weight excluding hydrogens is 448 g/mol. The molecule has 1 amide bonds. The van der Waals surface area contributed by atoms with Gasteiger partial charge in [0.1, 0.15) is 5.60 Å². The molecule has 0 atom stereocenters. The third kappa shape index (κ3) is 6.30. The Labute approximate surface area is 205 Å². The van der Waals surface area contributed by atoms with E-state index < -0.39 is 5.60 Å². The molecule has 2 aromatic heterocycles. The molecule has 0 saturated carbocycles. The number of rotatable bonds is 6. The van der Waals surface area contributed by atoms with Gasteiger partial charge in [0.2, 0.25) is 0 Å². The lowest BCUT2D eigenvalue weighted by molar-refractivity contribution is 0.0470. The van der Waals surface area contributed by atoms with Crippen molar-refractivity contribution >= 4 is 18.3 Å². The number of hydrogen-bond donors (Lipinski definition) is 1. The normalized spacial score (nSPS) is 15.3. The maximum absolute atomic E-state index is 12.1. The van der Waals surface area contributed by atoms with E-state index in [0.717, 1.165) is 42.9 Å². The van der Waals surface area contributed by atoms with Crippen molar-refractivity contribution in [2.75, 3.05) is 13.1 Å². The topological polar surface area (TPSA) is 77.2 Å². The monoisotopic (exact) mass is 480 g/mol. The number of pyridine rings is 1. The number of carbonyl (C=O) groups is 1.